The van der Waals surface area contributed by atoms with Crippen LogP contribution in [0.2, 0.25) is 0 Å². The van der Waals surface area contributed by atoms with Crippen LogP contribution in [0.5, 0.6) is 11.5 Å². The van der Waals surface area contributed by atoms with Crippen molar-refractivity contribution < 1.29 is 14.3 Å². The van der Waals surface area contributed by atoms with Crippen molar-refractivity contribution in [1.29, 1.82) is 0 Å². The lowest BCUT2D eigenvalue weighted by Gasteiger charge is -2.15. The lowest BCUT2D eigenvalue weighted by atomic mass is 10.2. The smallest absolute Gasteiger partial charge is 0.234 e. The molecule has 0 radical (unpaired) electrons. The van der Waals surface area contributed by atoms with Crippen LogP contribution in [0.25, 0.3) is 0 Å². The summed E-state index contributed by atoms with van der Waals surface area (Å²) in [5, 5.41) is 2.92. The Labute approximate surface area is 119 Å². The normalized spacial score (nSPS) is 12.8. The van der Waals surface area contributed by atoms with E-state index in [1.807, 2.05) is 30.1 Å². The third kappa shape index (κ3) is 4.13. The average molecular weight is 278 g/mol. The van der Waals surface area contributed by atoms with Crippen LogP contribution in [0.3, 0.4) is 0 Å². The van der Waals surface area contributed by atoms with E-state index in [1.165, 1.54) is 0 Å². The van der Waals surface area contributed by atoms with Crippen molar-refractivity contribution in [3.8, 4) is 11.5 Å². The second kappa shape index (κ2) is 7.14. The number of carbonyl (C=O) groups is 1. The molecule has 1 N–H and O–H groups in total. The van der Waals surface area contributed by atoms with Gasteiger partial charge in [0.05, 0.1) is 6.54 Å². The Bertz CT molecular complexity index is 462. The molecular formula is C15H22N2O3. The van der Waals surface area contributed by atoms with Crippen LogP contribution in [-0.4, -0.2) is 37.7 Å². The molecule has 0 aromatic heterocycles. The van der Waals surface area contributed by atoms with Gasteiger partial charge in [-0.3, -0.25) is 9.69 Å². The van der Waals surface area contributed by atoms with Gasteiger partial charge < -0.3 is 14.8 Å². The van der Waals surface area contributed by atoms with E-state index in [9.17, 15) is 4.79 Å². The van der Waals surface area contributed by atoms with Gasteiger partial charge in [0.1, 0.15) is 0 Å². The Morgan fingerprint density at radius 1 is 1.35 bits per heavy atom. The van der Waals surface area contributed by atoms with Gasteiger partial charge in [0, 0.05) is 6.54 Å². The average Bonchev–Trinajstić information content (AvgIpc) is 2.90. The van der Waals surface area contributed by atoms with Crippen molar-refractivity contribution in [2.45, 2.75) is 26.3 Å². The van der Waals surface area contributed by atoms with Crippen LogP contribution < -0.4 is 14.8 Å². The van der Waals surface area contributed by atoms with Crippen LogP contribution in [0.15, 0.2) is 18.2 Å². The van der Waals surface area contributed by atoms with E-state index in [1.54, 1.807) is 0 Å². The number of rotatable bonds is 7. The molecule has 0 saturated heterocycles. The first kappa shape index (κ1) is 14.7. The zero-order valence-electron chi connectivity index (χ0n) is 12.1. The number of fused-ring (bicyclic) bond motifs is 1. The summed E-state index contributed by atoms with van der Waals surface area (Å²) in [5.74, 6) is 1.55. The van der Waals surface area contributed by atoms with Crippen LogP contribution >= 0.6 is 0 Å². The van der Waals surface area contributed by atoms with Crippen LogP contribution in [-0.2, 0) is 11.3 Å². The van der Waals surface area contributed by atoms with Crippen molar-refractivity contribution in [2.24, 2.45) is 0 Å². The van der Waals surface area contributed by atoms with Crippen molar-refractivity contribution in [2.75, 3.05) is 26.9 Å². The molecule has 2 rings (SSSR count). The van der Waals surface area contributed by atoms with Gasteiger partial charge in [0.25, 0.3) is 0 Å². The Hall–Kier alpha value is -1.75. The molecular weight excluding hydrogens is 256 g/mol. The highest BCUT2D eigenvalue weighted by Crippen LogP contribution is 2.32. The largest absolute Gasteiger partial charge is 0.454 e. The van der Waals surface area contributed by atoms with Crippen LogP contribution in [0.4, 0.5) is 0 Å². The fourth-order valence-corrected chi connectivity index (χ4v) is 2.06. The first-order valence-corrected chi connectivity index (χ1v) is 7.03. The van der Waals surface area contributed by atoms with E-state index in [0.29, 0.717) is 13.1 Å². The van der Waals surface area contributed by atoms with Gasteiger partial charge >= 0.3 is 0 Å². The topological polar surface area (TPSA) is 50.8 Å². The number of hydrogen-bond donors (Lipinski definition) is 1. The lowest BCUT2D eigenvalue weighted by molar-refractivity contribution is -0.122. The van der Waals surface area contributed by atoms with Crippen molar-refractivity contribution in [3.05, 3.63) is 23.8 Å². The molecule has 5 nitrogen and oxygen atoms in total. The zero-order valence-corrected chi connectivity index (χ0v) is 12.1. The molecule has 1 aromatic carbocycles. The summed E-state index contributed by atoms with van der Waals surface area (Å²) in [6, 6.07) is 5.72. The van der Waals surface area contributed by atoms with Crippen LogP contribution in [0, 0.1) is 0 Å². The number of likely N-dealkylation sites (N-methyl/N-ethyl adjacent to an activating group) is 1. The van der Waals surface area contributed by atoms with Crippen molar-refractivity contribution in [3.63, 3.8) is 0 Å². The molecule has 0 bridgehead atoms. The Morgan fingerprint density at radius 2 is 2.15 bits per heavy atom. The van der Waals surface area contributed by atoms with Crippen LogP contribution in [0.1, 0.15) is 25.3 Å². The number of carbonyl (C=O) groups excluding carboxylic acids is 1. The highest BCUT2D eigenvalue weighted by Gasteiger charge is 2.13. The van der Waals surface area contributed by atoms with E-state index < -0.39 is 0 Å². The van der Waals surface area contributed by atoms with Crippen molar-refractivity contribution >= 4 is 5.91 Å². The van der Waals surface area contributed by atoms with Crippen molar-refractivity contribution in [1.82, 2.24) is 10.2 Å². The summed E-state index contributed by atoms with van der Waals surface area (Å²) < 4.78 is 10.6. The molecule has 1 aromatic rings. The monoisotopic (exact) mass is 278 g/mol. The molecule has 0 saturated carbocycles. The minimum Gasteiger partial charge on any atom is -0.454 e. The second-order valence-corrected chi connectivity index (χ2v) is 5.06. The van der Waals surface area contributed by atoms with Gasteiger partial charge in [-0.05, 0) is 37.7 Å². The number of amides is 1. The van der Waals surface area contributed by atoms with E-state index >= 15 is 0 Å². The molecule has 1 aliphatic heterocycles. The summed E-state index contributed by atoms with van der Waals surface area (Å²) in [4.78, 5) is 13.9. The zero-order chi connectivity index (χ0) is 14.4. The molecule has 0 spiro atoms. The van der Waals surface area contributed by atoms with E-state index in [4.69, 9.17) is 9.47 Å². The Morgan fingerprint density at radius 3 is 2.95 bits per heavy atom. The SMILES string of the molecule is CCCCN(C)CC(=O)NCc1ccc2c(c1)OCO2. The Kier molecular flexibility index (Phi) is 5.24. The summed E-state index contributed by atoms with van der Waals surface area (Å²) in [6.07, 6.45) is 2.26. The number of benzene rings is 1. The maximum atomic E-state index is 11.8. The minimum atomic E-state index is 0.0428. The molecule has 110 valence electrons. The highest BCUT2D eigenvalue weighted by atomic mass is 16.7. The summed E-state index contributed by atoms with van der Waals surface area (Å²) >= 11 is 0. The Balaban J connectivity index is 1.76. The maximum Gasteiger partial charge on any atom is 0.234 e. The molecule has 1 amide bonds. The third-order valence-electron chi connectivity index (χ3n) is 3.23. The number of nitrogens with one attached hydrogen (secondary N) is 1. The van der Waals surface area contributed by atoms with E-state index in [0.717, 1.165) is 36.4 Å². The van der Waals surface area contributed by atoms with Gasteiger partial charge in [0.2, 0.25) is 12.7 Å². The number of ether oxygens (including phenoxy) is 2. The molecule has 0 atom stereocenters. The highest BCUT2D eigenvalue weighted by molar-refractivity contribution is 5.78. The first-order chi connectivity index (χ1) is 9.69. The quantitative estimate of drug-likeness (QED) is 0.826. The summed E-state index contributed by atoms with van der Waals surface area (Å²) in [7, 11) is 1.97. The standard InChI is InChI=1S/C15H22N2O3/c1-3-4-7-17(2)10-15(18)16-9-12-5-6-13-14(8-12)20-11-19-13/h5-6,8H,3-4,7,9-11H2,1-2H3,(H,16,18). The van der Waals surface area contributed by atoms with Gasteiger partial charge in [-0.15, -0.1) is 0 Å². The van der Waals surface area contributed by atoms with E-state index in [-0.39, 0.29) is 12.7 Å². The minimum absolute atomic E-state index is 0.0428. The van der Waals surface area contributed by atoms with Gasteiger partial charge in [-0.2, -0.15) is 0 Å². The predicted molar refractivity (Wildman–Crippen MR) is 76.8 cm³/mol. The van der Waals surface area contributed by atoms with Gasteiger partial charge in [-0.25, -0.2) is 0 Å². The molecule has 0 fully saturated rings. The molecule has 0 unspecified atom stereocenters. The maximum absolute atomic E-state index is 11.8. The molecule has 20 heavy (non-hydrogen) atoms. The number of hydrogen-bond acceptors (Lipinski definition) is 4. The lowest BCUT2D eigenvalue weighted by Crippen LogP contribution is -2.35. The number of unbranched alkanes of at least 4 members (excludes halogenated alkanes) is 1. The third-order valence-corrected chi connectivity index (χ3v) is 3.23. The predicted octanol–water partition coefficient (Wildman–Crippen LogP) is 1.76. The molecule has 1 aliphatic rings. The second-order valence-electron chi connectivity index (χ2n) is 5.06. The van der Waals surface area contributed by atoms with E-state index in [2.05, 4.69) is 12.2 Å². The molecule has 0 aliphatic carbocycles. The summed E-state index contributed by atoms with van der Waals surface area (Å²) in [6.45, 7) is 4.32. The fraction of sp³-hybridized carbons (Fsp3) is 0.533. The number of nitrogens with zero attached hydrogens (tertiary/aromatic N) is 1. The fourth-order valence-electron chi connectivity index (χ4n) is 2.06. The molecule has 5 heteroatoms. The van der Waals surface area contributed by atoms with Gasteiger partial charge in [-0.1, -0.05) is 19.4 Å². The van der Waals surface area contributed by atoms with Gasteiger partial charge in [0.15, 0.2) is 11.5 Å². The molecule has 1 heterocycles. The summed E-state index contributed by atoms with van der Waals surface area (Å²) in [5.41, 5.74) is 1.01. The first-order valence-electron chi connectivity index (χ1n) is 7.03.